The third-order valence-electron chi connectivity index (χ3n) is 3.98. The van der Waals surface area contributed by atoms with E-state index in [0.29, 0.717) is 17.8 Å². The largest absolute Gasteiger partial charge is 0.376 e. The predicted octanol–water partition coefficient (Wildman–Crippen LogP) is 0.0115. The number of rotatable bonds is 2. The van der Waals surface area contributed by atoms with Gasteiger partial charge in [0, 0.05) is 32.2 Å². The molecule has 6 nitrogen and oxygen atoms in total. The Bertz CT molecular complexity index is 473. The van der Waals surface area contributed by atoms with Crippen molar-refractivity contribution in [1.82, 2.24) is 19.8 Å². The van der Waals surface area contributed by atoms with Crippen molar-refractivity contribution in [2.24, 2.45) is 7.05 Å². The first-order valence-corrected chi connectivity index (χ1v) is 6.76. The fourth-order valence-electron chi connectivity index (χ4n) is 2.98. The second kappa shape index (κ2) is 4.94. The van der Waals surface area contributed by atoms with Crippen LogP contribution in [0.4, 0.5) is 0 Å². The van der Waals surface area contributed by atoms with E-state index < -0.39 is 0 Å². The summed E-state index contributed by atoms with van der Waals surface area (Å²) in [4.78, 5) is 18.5. The molecule has 3 rings (SSSR count). The highest BCUT2D eigenvalue weighted by molar-refractivity contribution is 5.92. The molecule has 1 aromatic heterocycles. The summed E-state index contributed by atoms with van der Waals surface area (Å²) in [6.45, 7) is 4.75. The maximum absolute atomic E-state index is 12.1. The van der Waals surface area contributed by atoms with E-state index >= 15 is 0 Å². The molecular weight excluding hydrogens is 244 g/mol. The van der Waals surface area contributed by atoms with Crippen LogP contribution in [0.15, 0.2) is 12.5 Å². The molecule has 0 bridgehead atoms. The van der Waals surface area contributed by atoms with Gasteiger partial charge in [0.25, 0.3) is 5.91 Å². The van der Waals surface area contributed by atoms with Gasteiger partial charge in [0.2, 0.25) is 0 Å². The minimum absolute atomic E-state index is 0.0428. The number of nitrogens with one attached hydrogen (secondary N) is 1. The van der Waals surface area contributed by atoms with Crippen LogP contribution in [-0.2, 0) is 11.8 Å². The molecule has 2 aliphatic rings. The summed E-state index contributed by atoms with van der Waals surface area (Å²) in [5, 5.41) is 3.10. The Hall–Kier alpha value is -1.40. The van der Waals surface area contributed by atoms with Crippen LogP contribution in [0, 0.1) is 0 Å². The third-order valence-corrected chi connectivity index (χ3v) is 3.98. The molecule has 0 unspecified atom stereocenters. The van der Waals surface area contributed by atoms with Gasteiger partial charge >= 0.3 is 0 Å². The Morgan fingerprint density at radius 1 is 1.53 bits per heavy atom. The number of morpholine rings is 1. The molecule has 2 aliphatic heterocycles. The lowest BCUT2D eigenvalue weighted by Crippen LogP contribution is -2.45. The Morgan fingerprint density at radius 3 is 3.11 bits per heavy atom. The number of amides is 1. The predicted molar refractivity (Wildman–Crippen MR) is 69.9 cm³/mol. The topological polar surface area (TPSA) is 59.4 Å². The van der Waals surface area contributed by atoms with Crippen molar-refractivity contribution in [2.45, 2.75) is 31.5 Å². The van der Waals surface area contributed by atoms with E-state index in [-0.39, 0.29) is 11.9 Å². The molecule has 6 heteroatoms. The molecule has 2 saturated heterocycles. The minimum atomic E-state index is -0.0428. The Morgan fingerprint density at radius 2 is 2.37 bits per heavy atom. The van der Waals surface area contributed by atoms with Crippen molar-refractivity contribution in [3.05, 3.63) is 18.2 Å². The number of nitrogens with zero attached hydrogens (tertiary/aromatic N) is 3. The lowest BCUT2D eigenvalue weighted by molar-refractivity contribution is -0.0390. The van der Waals surface area contributed by atoms with Gasteiger partial charge < -0.3 is 14.6 Å². The number of fused-ring (bicyclic) bond motifs is 1. The zero-order valence-electron chi connectivity index (χ0n) is 11.4. The van der Waals surface area contributed by atoms with Gasteiger partial charge in [-0.25, -0.2) is 4.98 Å². The Balaban J connectivity index is 1.60. The van der Waals surface area contributed by atoms with E-state index in [2.05, 4.69) is 22.1 Å². The molecule has 0 aliphatic carbocycles. The van der Waals surface area contributed by atoms with Crippen molar-refractivity contribution < 1.29 is 9.53 Å². The van der Waals surface area contributed by atoms with Crippen LogP contribution in [0.1, 0.15) is 23.8 Å². The van der Waals surface area contributed by atoms with Crippen LogP contribution >= 0.6 is 0 Å². The van der Waals surface area contributed by atoms with E-state index in [1.807, 2.05) is 7.05 Å². The van der Waals surface area contributed by atoms with E-state index in [1.165, 1.54) is 0 Å². The smallest absolute Gasteiger partial charge is 0.269 e. The molecule has 2 fully saturated rings. The van der Waals surface area contributed by atoms with Crippen molar-refractivity contribution in [3.8, 4) is 0 Å². The number of aryl methyl sites for hydroxylation is 1. The summed E-state index contributed by atoms with van der Waals surface area (Å²) < 4.78 is 7.41. The SMILES string of the molecule is C[C@@H]1CN2C[C@H](NC(=O)c3cncn3C)C[C@H]2CO1. The molecular formula is C13H20N4O2. The Kier molecular flexibility index (Phi) is 3.28. The summed E-state index contributed by atoms with van der Waals surface area (Å²) in [6.07, 6.45) is 4.50. The maximum atomic E-state index is 12.1. The molecule has 0 radical (unpaired) electrons. The zero-order chi connectivity index (χ0) is 13.4. The summed E-state index contributed by atoms with van der Waals surface area (Å²) in [6, 6.07) is 0.661. The van der Waals surface area contributed by atoms with Crippen LogP contribution in [0.5, 0.6) is 0 Å². The van der Waals surface area contributed by atoms with Crippen molar-refractivity contribution in [1.29, 1.82) is 0 Å². The molecule has 19 heavy (non-hydrogen) atoms. The minimum Gasteiger partial charge on any atom is -0.376 e. The first-order chi connectivity index (χ1) is 9.13. The third kappa shape index (κ3) is 2.50. The lowest BCUT2D eigenvalue weighted by atomic mass is 10.1. The normalized spacial score (nSPS) is 31.2. The van der Waals surface area contributed by atoms with Crippen LogP contribution in [-0.4, -0.2) is 58.2 Å². The van der Waals surface area contributed by atoms with Gasteiger partial charge in [0.05, 0.1) is 25.2 Å². The number of carbonyl (C=O) groups excluding carboxylic acids is 1. The molecule has 0 spiro atoms. The maximum Gasteiger partial charge on any atom is 0.269 e. The van der Waals surface area contributed by atoms with E-state index in [0.717, 1.165) is 26.1 Å². The highest BCUT2D eigenvalue weighted by Gasteiger charge is 2.36. The van der Waals surface area contributed by atoms with Crippen molar-refractivity contribution in [2.75, 3.05) is 19.7 Å². The summed E-state index contributed by atoms with van der Waals surface area (Å²) >= 11 is 0. The second-order valence-corrected chi connectivity index (χ2v) is 5.55. The number of hydrogen-bond donors (Lipinski definition) is 1. The highest BCUT2D eigenvalue weighted by atomic mass is 16.5. The van der Waals surface area contributed by atoms with Gasteiger partial charge in [0.15, 0.2) is 0 Å². The summed E-state index contributed by atoms with van der Waals surface area (Å²) in [7, 11) is 1.83. The van der Waals surface area contributed by atoms with E-state index in [4.69, 9.17) is 4.74 Å². The monoisotopic (exact) mass is 264 g/mol. The molecule has 1 N–H and O–H groups in total. The molecule has 3 atom stereocenters. The van der Waals surface area contributed by atoms with E-state index in [1.54, 1.807) is 17.1 Å². The molecule has 0 saturated carbocycles. The van der Waals surface area contributed by atoms with Crippen molar-refractivity contribution in [3.63, 3.8) is 0 Å². The number of ether oxygens (including phenoxy) is 1. The van der Waals surface area contributed by atoms with Crippen LogP contribution in [0.25, 0.3) is 0 Å². The fourth-order valence-corrected chi connectivity index (χ4v) is 2.98. The number of aromatic nitrogens is 2. The quantitative estimate of drug-likeness (QED) is 0.817. The van der Waals surface area contributed by atoms with Crippen LogP contribution < -0.4 is 5.32 Å². The van der Waals surface area contributed by atoms with Gasteiger partial charge in [-0.2, -0.15) is 0 Å². The van der Waals surface area contributed by atoms with Crippen LogP contribution in [0.2, 0.25) is 0 Å². The second-order valence-electron chi connectivity index (χ2n) is 5.55. The molecule has 1 amide bonds. The summed E-state index contributed by atoms with van der Waals surface area (Å²) in [5.41, 5.74) is 0.606. The average Bonchev–Trinajstić information content (AvgIpc) is 2.94. The zero-order valence-corrected chi connectivity index (χ0v) is 11.4. The molecule has 1 aromatic rings. The van der Waals surface area contributed by atoms with E-state index in [9.17, 15) is 4.79 Å². The van der Waals surface area contributed by atoms with Gasteiger partial charge in [-0.1, -0.05) is 0 Å². The van der Waals surface area contributed by atoms with Gasteiger partial charge in [-0.3, -0.25) is 9.69 Å². The fraction of sp³-hybridized carbons (Fsp3) is 0.692. The standard InChI is InChI=1S/C13H20N4O2/c1-9-5-17-6-10(3-11(17)7-19-9)15-13(18)12-4-14-8-16(12)2/h4,8-11H,3,5-7H2,1-2H3,(H,15,18)/t9-,10-,11+/m1/s1. The number of carbonyl (C=O) groups is 1. The number of imidazole rings is 1. The summed E-state index contributed by atoms with van der Waals surface area (Å²) in [5.74, 6) is -0.0428. The van der Waals surface area contributed by atoms with Gasteiger partial charge in [-0.05, 0) is 13.3 Å². The highest BCUT2D eigenvalue weighted by Crippen LogP contribution is 2.23. The Labute approximate surface area is 112 Å². The van der Waals surface area contributed by atoms with Crippen molar-refractivity contribution >= 4 is 5.91 Å². The van der Waals surface area contributed by atoms with Gasteiger partial charge in [-0.15, -0.1) is 0 Å². The molecule has 0 aromatic carbocycles. The number of hydrogen-bond acceptors (Lipinski definition) is 4. The lowest BCUT2D eigenvalue weighted by Gasteiger charge is -2.33. The van der Waals surface area contributed by atoms with Gasteiger partial charge in [0.1, 0.15) is 5.69 Å². The van der Waals surface area contributed by atoms with Crippen LogP contribution in [0.3, 0.4) is 0 Å². The molecule has 3 heterocycles. The first-order valence-electron chi connectivity index (χ1n) is 6.76. The molecule has 104 valence electrons. The average molecular weight is 264 g/mol. The first kappa shape index (κ1) is 12.6.